The van der Waals surface area contributed by atoms with Crippen LogP contribution in [0.3, 0.4) is 0 Å². The minimum Gasteiger partial charge on any atom is -0.393 e. The Morgan fingerprint density at radius 3 is 2.79 bits per heavy atom. The van der Waals surface area contributed by atoms with Gasteiger partial charge in [-0.05, 0) is 24.8 Å². The van der Waals surface area contributed by atoms with E-state index in [1.807, 2.05) is 0 Å². The third-order valence-corrected chi connectivity index (χ3v) is 4.98. The summed E-state index contributed by atoms with van der Waals surface area (Å²) in [5.74, 6) is -0.0620. The molecule has 2 unspecified atom stereocenters. The predicted octanol–water partition coefficient (Wildman–Crippen LogP) is 0.468. The zero-order valence-electron chi connectivity index (χ0n) is 10.1. The summed E-state index contributed by atoms with van der Waals surface area (Å²) in [7, 11) is -3.73. The molecule has 6 nitrogen and oxygen atoms in total. The van der Waals surface area contributed by atoms with Gasteiger partial charge in [0.15, 0.2) is 0 Å². The number of aliphatic hydroxyl groups excluding tert-OH is 1. The van der Waals surface area contributed by atoms with Gasteiger partial charge in [0.2, 0.25) is 10.0 Å². The summed E-state index contributed by atoms with van der Waals surface area (Å²) in [5.41, 5.74) is -0.535. The fraction of sp³-hybridized carbons (Fsp3) is 0.545. The lowest BCUT2D eigenvalue weighted by Gasteiger charge is -2.15. The molecule has 0 amide bonds. The second kappa shape index (κ2) is 5.62. The van der Waals surface area contributed by atoms with Crippen LogP contribution in [0, 0.1) is 5.92 Å². The number of aliphatic hydroxyl groups is 1. The van der Waals surface area contributed by atoms with Gasteiger partial charge >= 0.3 is 0 Å². The summed E-state index contributed by atoms with van der Waals surface area (Å²) >= 11 is 5.59. The number of hydrogen-bond donors (Lipinski definition) is 3. The first-order chi connectivity index (χ1) is 8.90. The number of halogens is 1. The Morgan fingerprint density at radius 1 is 1.47 bits per heavy atom. The molecule has 1 aliphatic rings. The molecule has 8 heteroatoms. The van der Waals surface area contributed by atoms with Crippen molar-refractivity contribution >= 4 is 21.6 Å². The molecule has 0 aromatic carbocycles. The maximum atomic E-state index is 12.0. The van der Waals surface area contributed by atoms with Gasteiger partial charge in [0.25, 0.3) is 5.56 Å². The van der Waals surface area contributed by atoms with Gasteiger partial charge < -0.3 is 10.1 Å². The van der Waals surface area contributed by atoms with Gasteiger partial charge in [-0.25, -0.2) is 13.1 Å². The van der Waals surface area contributed by atoms with Gasteiger partial charge in [0.05, 0.1) is 11.0 Å². The molecular formula is C11H15ClN2O4S. The topological polar surface area (TPSA) is 99.3 Å². The van der Waals surface area contributed by atoms with Crippen molar-refractivity contribution in [2.75, 3.05) is 6.54 Å². The van der Waals surface area contributed by atoms with Crippen molar-refractivity contribution < 1.29 is 13.5 Å². The quantitative estimate of drug-likeness (QED) is 0.753. The third-order valence-electron chi connectivity index (χ3n) is 3.30. The Balaban J connectivity index is 2.09. The van der Waals surface area contributed by atoms with E-state index in [0.29, 0.717) is 6.42 Å². The molecule has 1 saturated carbocycles. The Kier molecular flexibility index (Phi) is 4.29. The monoisotopic (exact) mass is 306 g/mol. The van der Waals surface area contributed by atoms with Gasteiger partial charge in [-0.15, -0.1) is 0 Å². The van der Waals surface area contributed by atoms with Gasteiger partial charge in [-0.2, -0.15) is 0 Å². The highest BCUT2D eigenvalue weighted by atomic mass is 35.5. The smallest absolute Gasteiger partial charge is 0.266 e. The molecule has 2 atom stereocenters. The van der Waals surface area contributed by atoms with Crippen LogP contribution in [0.25, 0.3) is 0 Å². The first kappa shape index (κ1) is 14.5. The van der Waals surface area contributed by atoms with Crippen LogP contribution < -0.4 is 10.3 Å². The number of nitrogens with one attached hydrogen (secondary N) is 2. The molecule has 106 valence electrons. The standard InChI is InChI=1S/C11H15ClN2O4S/c12-9-4-8(6-13-11(9)16)19(17,18)14-5-7-2-1-3-10(7)15/h4,6-7,10,14-15H,1-3,5H2,(H,13,16). The van der Waals surface area contributed by atoms with E-state index in [2.05, 4.69) is 9.71 Å². The summed E-state index contributed by atoms with van der Waals surface area (Å²) in [4.78, 5) is 13.2. The number of aromatic nitrogens is 1. The Labute approximate surface area is 115 Å². The number of hydrogen-bond acceptors (Lipinski definition) is 4. The lowest BCUT2D eigenvalue weighted by Crippen LogP contribution is -2.32. The van der Waals surface area contributed by atoms with Crippen molar-refractivity contribution in [1.82, 2.24) is 9.71 Å². The Bertz CT molecular complexity index is 613. The highest BCUT2D eigenvalue weighted by Gasteiger charge is 2.27. The number of sulfonamides is 1. The molecule has 3 N–H and O–H groups in total. The molecule has 0 saturated heterocycles. The van der Waals surface area contributed by atoms with E-state index < -0.39 is 21.7 Å². The second-order valence-electron chi connectivity index (χ2n) is 4.62. The van der Waals surface area contributed by atoms with E-state index in [1.165, 1.54) is 0 Å². The third kappa shape index (κ3) is 3.36. The summed E-state index contributed by atoms with van der Waals surface area (Å²) in [6.07, 6.45) is 3.05. The number of H-pyrrole nitrogens is 1. The minimum atomic E-state index is -3.73. The molecule has 1 heterocycles. The number of rotatable bonds is 4. The largest absolute Gasteiger partial charge is 0.393 e. The van der Waals surface area contributed by atoms with Gasteiger partial charge in [0.1, 0.15) is 5.02 Å². The van der Waals surface area contributed by atoms with Crippen molar-refractivity contribution in [3.8, 4) is 0 Å². The fourth-order valence-corrected chi connectivity index (χ4v) is 3.47. The molecule has 1 fully saturated rings. The normalized spacial score (nSPS) is 23.7. The van der Waals surface area contributed by atoms with E-state index in [4.69, 9.17) is 11.6 Å². The first-order valence-electron chi connectivity index (χ1n) is 5.96. The average molecular weight is 307 g/mol. The molecule has 19 heavy (non-hydrogen) atoms. The van der Waals surface area contributed by atoms with Crippen molar-refractivity contribution in [2.24, 2.45) is 5.92 Å². The molecular weight excluding hydrogens is 292 g/mol. The SMILES string of the molecule is O=c1[nH]cc(S(=O)(=O)NCC2CCCC2O)cc1Cl. The highest BCUT2D eigenvalue weighted by Crippen LogP contribution is 2.25. The van der Waals surface area contributed by atoms with Crippen LogP contribution in [0.4, 0.5) is 0 Å². The van der Waals surface area contributed by atoms with Crippen molar-refractivity contribution in [3.05, 3.63) is 27.6 Å². The number of aromatic amines is 1. The Morgan fingerprint density at radius 2 is 2.21 bits per heavy atom. The molecule has 0 aliphatic heterocycles. The van der Waals surface area contributed by atoms with E-state index in [1.54, 1.807) is 0 Å². The van der Waals surface area contributed by atoms with E-state index in [9.17, 15) is 18.3 Å². The molecule has 0 bridgehead atoms. The van der Waals surface area contributed by atoms with Crippen LogP contribution in [0.5, 0.6) is 0 Å². The van der Waals surface area contributed by atoms with E-state index >= 15 is 0 Å². The lowest BCUT2D eigenvalue weighted by atomic mass is 10.1. The molecule has 0 spiro atoms. The maximum Gasteiger partial charge on any atom is 0.266 e. The van der Waals surface area contributed by atoms with Gasteiger partial charge in [-0.1, -0.05) is 18.0 Å². The zero-order chi connectivity index (χ0) is 14.0. The zero-order valence-corrected chi connectivity index (χ0v) is 11.7. The van der Waals surface area contributed by atoms with Crippen molar-refractivity contribution in [1.29, 1.82) is 0 Å². The lowest BCUT2D eigenvalue weighted by molar-refractivity contribution is 0.134. The summed E-state index contributed by atoms with van der Waals surface area (Å²) in [6, 6.07) is 1.10. The van der Waals surface area contributed by atoms with Crippen LogP contribution in [0.2, 0.25) is 5.02 Å². The van der Waals surface area contributed by atoms with Gasteiger partial charge in [0, 0.05) is 12.7 Å². The van der Waals surface area contributed by atoms with Crippen LogP contribution in [0.15, 0.2) is 22.0 Å². The number of pyridine rings is 1. The summed E-state index contributed by atoms with van der Waals surface area (Å²) < 4.78 is 26.4. The van der Waals surface area contributed by atoms with Crippen molar-refractivity contribution in [2.45, 2.75) is 30.3 Å². The Hall–Kier alpha value is -0.890. The second-order valence-corrected chi connectivity index (χ2v) is 6.80. The first-order valence-corrected chi connectivity index (χ1v) is 7.82. The minimum absolute atomic E-state index is 0.0620. The van der Waals surface area contributed by atoms with E-state index in [0.717, 1.165) is 25.1 Å². The molecule has 1 aliphatic carbocycles. The molecule has 1 aromatic rings. The molecule has 0 radical (unpaired) electrons. The van der Waals surface area contributed by atoms with Gasteiger partial charge in [-0.3, -0.25) is 4.79 Å². The van der Waals surface area contributed by atoms with E-state index in [-0.39, 0.29) is 22.4 Å². The van der Waals surface area contributed by atoms with Crippen LogP contribution >= 0.6 is 11.6 Å². The highest BCUT2D eigenvalue weighted by molar-refractivity contribution is 7.89. The van der Waals surface area contributed by atoms with Crippen molar-refractivity contribution in [3.63, 3.8) is 0 Å². The van der Waals surface area contributed by atoms with Crippen LogP contribution in [-0.4, -0.2) is 31.2 Å². The fourth-order valence-electron chi connectivity index (χ4n) is 2.15. The molecule has 1 aromatic heterocycles. The average Bonchev–Trinajstić information content (AvgIpc) is 2.76. The maximum absolute atomic E-state index is 12.0. The van der Waals surface area contributed by atoms with Crippen LogP contribution in [0.1, 0.15) is 19.3 Å². The predicted molar refractivity (Wildman–Crippen MR) is 70.6 cm³/mol. The summed E-state index contributed by atoms with van der Waals surface area (Å²) in [5, 5.41) is 9.46. The summed E-state index contributed by atoms with van der Waals surface area (Å²) in [6.45, 7) is 0.181. The molecule has 2 rings (SSSR count). The van der Waals surface area contributed by atoms with Crippen LogP contribution in [-0.2, 0) is 10.0 Å².